The van der Waals surface area contributed by atoms with E-state index in [0.717, 1.165) is 36.8 Å². The molecule has 1 unspecified atom stereocenters. The fourth-order valence-corrected chi connectivity index (χ4v) is 5.46. The first-order valence-electron chi connectivity index (χ1n) is 8.64. The second-order valence-corrected chi connectivity index (χ2v) is 8.52. The van der Waals surface area contributed by atoms with E-state index in [-0.39, 0.29) is 6.04 Å². The Labute approximate surface area is 145 Å². The van der Waals surface area contributed by atoms with Crippen LogP contribution in [0.1, 0.15) is 48.4 Å². The lowest BCUT2D eigenvalue weighted by atomic mass is 10.0. The highest BCUT2D eigenvalue weighted by Crippen LogP contribution is 2.35. The van der Waals surface area contributed by atoms with Crippen LogP contribution < -0.4 is 0 Å². The highest BCUT2D eigenvalue weighted by molar-refractivity contribution is 7.89. The first kappa shape index (κ1) is 17.2. The SMILES string of the molecule is Cc1cccc(C2CCCCCN2S(=O)(=O)c2ccccc2C)c1. The van der Waals surface area contributed by atoms with Gasteiger partial charge < -0.3 is 0 Å². The van der Waals surface area contributed by atoms with Gasteiger partial charge in [-0.05, 0) is 43.9 Å². The molecule has 1 aliphatic heterocycles. The van der Waals surface area contributed by atoms with Gasteiger partial charge in [0, 0.05) is 6.54 Å². The number of aryl methyl sites for hydroxylation is 2. The molecule has 0 aromatic heterocycles. The van der Waals surface area contributed by atoms with Gasteiger partial charge in [-0.2, -0.15) is 4.31 Å². The lowest BCUT2D eigenvalue weighted by Gasteiger charge is -2.30. The van der Waals surface area contributed by atoms with E-state index < -0.39 is 10.0 Å². The Balaban J connectivity index is 2.06. The highest BCUT2D eigenvalue weighted by atomic mass is 32.2. The third-order valence-corrected chi connectivity index (χ3v) is 6.88. The Morgan fingerprint density at radius 3 is 2.50 bits per heavy atom. The Morgan fingerprint density at radius 2 is 1.75 bits per heavy atom. The molecular weight excluding hydrogens is 318 g/mol. The summed E-state index contributed by atoms with van der Waals surface area (Å²) < 4.78 is 28.4. The molecule has 4 heteroatoms. The molecule has 0 N–H and O–H groups in total. The van der Waals surface area contributed by atoms with Crippen molar-refractivity contribution in [1.29, 1.82) is 0 Å². The second-order valence-electron chi connectivity index (χ2n) is 6.66. The van der Waals surface area contributed by atoms with Gasteiger partial charge in [0.15, 0.2) is 0 Å². The van der Waals surface area contributed by atoms with Gasteiger partial charge in [0.1, 0.15) is 0 Å². The van der Waals surface area contributed by atoms with Gasteiger partial charge in [-0.25, -0.2) is 8.42 Å². The number of nitrogens with zero attached hydrogens (tertiary/aromatic N) is 1. The summed E-state index contributed by atoms with van der Waals surface area (Å²) in [6.45, 7) is 4.52. The Hall–Kier alpha value is -1.65. The molecule has 3 rings (SSSR count). The van der Waals surface area contributed by atoms with E-state index in [1.807, 2.05) is 25.1 Å². The van der Waals surface area contributed by atoms with Crippen LogP contribution in [0, 0.1) is 13.8 Å². The van der Waals surface area contributed by atoms with Crippen molar-refractivity contribution in [2.24, 2.45) is 0 Å². The molecule has 1 heterocycles. The molecule has 1 aliphatic rings. The van der Waals surface area contributed by atoms with Crippen LogP contribution in [-0.4, -0.2) is 19.3 Å². The van der Waals surface area contributed by atoms with Crippen molar-refractivity contribution in [3.63, 3.8) is 0 Å². The fraction of sp³-hybridized carbons (Fsp3) is 0.400. The van der Waals surface area contributed by atoms with Crippen molar-refractivity contribution in [3.8, 4) is 0 Å². The van der Waals surface area contributed by atoms with Gasteiger partial charge in [0.25, 0.3) is 0 Å². The molecule has 1 fully saturated rings. The maximum absolute atomic E-state index is 13.4. The van der Waals surface area contributed by atoms with E-state index in [1.54, 1.807) is 16.4 Å². The van der Waals surface area contributed by atoms with Gasteiger partial charge >= 0.3 is 0 Å². The summed E-state index contributed by atoms with van der Waals surface area (Å²) in [5.74, 6) is 0. The quantitative estimate of drug-likeness (QED) is 0.816. The summed E-state index contributed by atoms with van der Waals surface area (Å²) in [4.78, 5) is 0.435. The molecule has 128 valence electrons. The zero-order chi connectivity index (χ0) is 17.2. The van der Waals surface area contributed by atoms with Crippen LogP contribution in [0.15, 0.2) is 53.4 Å². The molecular formula is C20H25NO2S. The largest absolute Gasteiger partial charge is 0.243 e. The standard InChI is InChI=1S/C20H25NO2S/c1-16-9-8-11-18(15-16)19-12-4-3-7-14-21(19)24(22,23)20-13-6-5-10-17(20)2/h5-6,8-11,13,15,19H,3-4,7,12,14H2,1-2H3. The van der Waals surface area contributed by atoms with Crippen molar-refractivity contribution in [2.45, 2.75) is 50.5 Å². The molecule has 0 amide bonds. The molecule has 0 aliphatic carbocycles. The van der Waals surface area contributed by atoms with E-state index >= 15 is 0 Å². The van der Waals surface area contributed by atoms with Crippen LogP contribution in [-0.2, 0) is 10.0 Å². The van der Waals surface area contributed by atoms with Crippen LogP contribution in [0.3, 0.4) is 0 Å². The number of rotatable bonds is 3. The van der Waals surface area contributed by atoms with Crippen LogP contribution in [0.25, 0.3) is 0 Å². The fourth-order valence-electron chi connectivity index (χ4n) is 3.55. The monoisotopic (exact) mass is 343 g/mol. The number of benzene rings is 2. The third kappa shape index (κ3) is 3.40. The predicted octanol–water partition coefficient (Wildman–Crippen LogP) is 4.61. The molecule has 1 atom stereocenters. The van der Waals surface area contributed by atoms with Gasteiger partial charge in [-0.15, -0.1) is 0 Å². The molecule has 2 aromatic rings. The molecule has 0 spiro atoms. The molecule has 0 bridgehead atoms. The third-order valence-electron chi connectivity index (χ3n) is 4.81. The van der Waals surface area contributed by atoms with E-state index in [2.05, 4.69) is 25.1 Å². The molecule has 0 radical (unpaired) electrons. The summed E-state index contributed by atoms with van der Waals surface area (Å²) in [7, 11) is -3.49. The summed E-state index contributed by atoms with van der Waals surface area (Å²) in [6, 6.07) is 15.5. The summed E-state index contributed by atoms with van der Waals surface area (Å²) in [5, 5.41) is 0. The van der Waals surface area contributed by atoms with Crippen LogP contribution >= 0.6 is 0 Å². The molecule has 24 heavy (non-hydrogen) atoms. The molecule has 1 saturated heterocycles. The van der Waals surface area contributed by atoms with E-state index in [9.17, 15) is 8.42 Å². The minimum absolute atomic E-state index is 0.0722. The van der Waals surface area contributed by atoms with Crippen LogP contribution in [0.5, 0.6) is 0 Å². The Kier molecular flexibility index (Phi) is 5.07. The van der Waals surface area contributed by atoms with Crippen molar-refractivity contribution < 1.29 is 8.42 Å². The van der Waals surface area contributed by atoms with Crippen molar-refractivity contribution >= 4 is 10.0 Å². The lowest BCUT2D eigenvalue weighted by molar-refractivity contribution is 0.328. The lowest BCUT2D eigenvalue weighted by Crippen LogP contribution is -2.35. The summed E-state index contributed by atoms with van der Waals surface area (Å²) in [6.07, 6.45) is 3.96. The van der Waals surface area contributed by atoms with Gasteiger partial charge in [-0.3, -0.25) is 0 Å². The van der Waals surface area contributed by atoms with Gasteiger partial charge in [-0.1, -0.05) is 60.9 Å². The smallest absolute Gasteiger partial charge is 0.207 e. The second kappa shape index (κ2) is 7.08. The van der Waals surface area contributed by atoms with Crippen molar-refractivity contribution in [1.82, 2.24) is 4.31 Å². The summed E-state index contributed by atoms with van der Waals surface area (Å²) >= 11 is 0. The molecule has 3 nitrogen and oxygen atoms in total. The van der Waals surface area contributed by atoms with E-state index in [4.69, 9.17) is 0 Å². The first-order valence-corrected chi connectivity index (χ1v) is 10.1. The van der Waals surface area contributed by atoms with Crippen molar-refractivity contribution in [2.75, 3.05) is 6.54 Å². The summed E-state index contributed by atoms with van der Waals surface area (Å²) in [5.41, 5.74) is 3.09. The van der Waals surface area contributed by atoms with Crippen LogP contribution in [0.4, 0.5) is 0 Å². The van der Waals surface area contributed by atoms with E-state index in [0.29, 0.717) is 11.4 Å². The maximum atomic E-state index is 13.4. The highest BCUT2D eigenvalue weighted by Gasteiger charge is 2.34. The minimum atomic E-state index is -3.49. The maximum Gasteiger partial charge on any atom is 0.243 e. The van der Waals surface area contributed by atoms with Crippen molar-refractivity contribution in [3.05, 3.63) is 65.2 Å². The normalized spacial score (nSPS) is 19.8. The van der Waals surface area contributed by atoms with E-state index in [1.165, 1.54) is 5.56 Å². The average molecular weight is 343 g/mol. The zero-order valence-electron chi connectivity index (χ0n) is 14.4. The Morgan fingerprint density at radius 1 is 0.958 bits per heavy atom. The number of hydrogen-bond acceptors (Lipinski definition) is 2. The predicted molar refractivity (Wildman–Crippen MR) is 97.5 cm³/mol. The number of hydrogen-bond donors (Lipinski definition) is 0. The Bertz CT molecular complexity index is 814. The van der Waals surface area contributed by atoms with Gasteiger partial charge in [0.2, 0.25) is 10.0 Å². The molecule has 0 saturated carbocycles. The zero-order valence-corrected chi connectivity index (χ0v) is 15.2. The minimum Gasteiger partial charge on any atom is -0.207 e. The van der Waals surface area contributed by atoms with Gasteiger partial charge in [0.05, 0.1) is 10.9 Å². The number of sulfonamides is 1. The van der Waals surface area contributed by atoms with Crippen LogP contribution in [0.2, 0.25) is 0 Å². The first-order chi connectivity index (χ1) is 11.5. The molecule has 2 aromatic carbocycles. The average Bonchev–Trinajstić information content (AvgIpc) is 2.81. The topological polar surface area (TPSA) is 37.4 Å².